The van der Waals surface area contributed by atoms with E-state index in [1.807, 2.05) is 0 Å². The predicted molar refractivity (Wildman–Crippen MR) is 106 cm³/mol. The molecule has 0 saturated carbocycles. The third-order valence-corrected chi connectivity index (χ3v) is 5.72. The maximum Gasteiger partial charge on any atom is 0.329 e. The van der Waals surface area contributed by atoms with Gasteiger partial charge in [0.25, 0.3) is 0 Å². The fourth-order valence-electron chi connectivity index (χ4n) is 3.45. The summed E-state index contributed by atoms with van der Waals surface area (Å²) in [5.41, 5.74) is -0.499. The molecule has 0 radical (unpaired) electrons. The lowest BCUT2D eigenvalue weighted by Gasteiger charge is -2.34. The fraction of sp³-hybridized carbons (Fsp3) is 0.571. The topological polar surface area (TPSA) is 116 Å². The Morgan fingerprint density at radius 1 is 1.24 bits per heavy atom. The van der Waals surface area contributed by atoms with Gasteiger partial charge in [-0.05, 0) is 44.4 Å². The molecule has 2 rings (SSSR count). The molecule has 0 aliphatic carbocycles. The lowest BCUT2D eigenvalue weighted by molar-refractivity contribution is -0.156. The Kier molecular flexibility index (Phi) is 7.24. The van der Waals surface area contributed by atoms with Gasteiger partial charge in [-0.25, -0.2) is 4.79 Å². The van der Waals surface area contributed by atoms with E-state index in [-0.39, 0.29) is 6.42 Å². The molecule has 4 atom stereocenters. The van der Waals surface area contributed by atoms with Crippen molar-refractivity contribution in [1.82, 2.24) is 10.2 Å². The van der Waals surface area contributed by atoms with Crippen molar-refractivity contribution in [2.75, 3.05) is 13.7 Å². The van der Waals surface area contributed by atoms with Crippen LogP contribution in [-0.4, -0.2) is 64.2 Å². The van der Waals surface area contributed by atoms with Gasteiger partial charge in [-0.3, -0.25) is 9.59 Å². The Labute approximate surface area is 170 Å². The molecule has 1 aliphatic heterocycles. The Morgan fingerprint density at radius 2 is 1.86 bits per heavy atom. The van der Waals surface area contributed by atoms with Crippen molar-refractivity contribution in [3.8, 4) is 5.75 Å². The monoisotopic (exact) mass is 406 g/mol. The molecule has 0 aromatic heterocycles. The molecule has 1 fully saturated rings. The second-order valence-corrected chi connectivity index (χ2v) is 7.82. The first-order chi connectivity index (χ1) is 13.6. The Bertz CT molecular complexity index is 748. The lowest BCUT2D eigenvalue weighted by Crippen LogP contribution is -2.58. The van der Waals surface area contributed by atoms with E-state index in [1.54, 1.807) is 38.3 Å². The van der Waals surface area contributed by atoms with Crippen LogP contribution < -0.4 is 10.1 Å². The van der Waals surface area contributed by atoms with E-state index in [2.05, 4.69) is 5.32 Å². The summed E-state index contributed by atoms with van der Waals surface area (Å²) in [7, 11) is 1.55. The molecule has 1 heterocycles. The first-order valence-electron chi connectivity index (χ1n) is 9.76. The molecule has 1 saturated heterocycles. The Hall–Kier alpha value is -2.61. The number of benzene rings is 1. The zero-order valence-electron chi connectivity index (χ0n) is 17.3. The highest BCUT2D eigenvalue weighted by atomic mass is 16.5. The summed E-state index contributed by atoms with van der Waals surface area (Å²) in [5.74, 6) is -1.99. The Morgan fingerprint density at radius 3 is 2.38 bits per heavy atom. The average Bonchev–Trinajstić information content (AvgIpc) is 3.09. The number of carbonyl (C=O) groups is 3. The molecule has 1 aromatic rings. The number of likely N-dealkylation sites (tertiary alicyclic amines) is 1. The van der Waals surface area contributed by atoms with Gasteiger partial charge in [0.15, 0.2) is 0 Å². The summed E-state index contributed by atoms with van der Waals surface area (Å²) in [5, 5.41) is 22.1. The van der Waals surface area contributed by atoms with Crippen LogP contribution in [0, 0.1) is 5.92 Å². The molecule has 0 bridgehead atoms. The smallest absolute Gasteiger partial charge is 0.329 e. The highest BCUT2D eigenvalue weighted by Crippen LogP contribution is 2.30. The van der Waals surface area contributed by atoms with Crippen LogP contribution >= 0.6 is 0 Å². The average molecular weight is 406 g/mol. The van der Waals surface area contributed by atoms with E-state index in [1.165, 1.54) is 18.7 Å². The highest BCUT2D eigenvalue weighted by Gasteiger charge is 2.47. The van der Waals surface area contributed by atoms with Crippen molar-refractivity contribution in [1.29, 1.82) is 0 Å². The summed E-state index contributed by atoms with van der Waals surface area (Å²) in [6.45, 7) is 4.94. The number of hydrogen-bond acceptors (Lipinski definition) is 5. The van der Waals surface area contributed by atoms with E-state index in [9.17, 15) is 24.6 Å². The van der Waals surface area contributed by atoms with Crippen LogP contribution in [0.5, 0.6) is 5.75 Å². The van der Waals surface area contributed by atoms with Gasteiger partial charge in [0.2, 0.25) is 11.8 Å². The van der Waals surface area contributed by atoms with E-state index < -0.39 is 41.4 Å². The van der Waals surface area contributed by atoms with Crippen LogP contribution in [0.1, 0.15) is 39.2 Å². The second kappa shape index (κ2) is 9.26. The molecule has 160 valence electrons. The molecule has 8 nitrogen and oxygen atoms in total. The fourth-order valence-corrected chi connectivity index (χ4v) is 3.45. The number of carboxylic acid groups (broad SMARTS) is 1. The van der Waals surface area contributed by atoms with E-state index in [0.29, 0.717) is 25.1 Å². The van der Waals surface area contributed by atoms with Crippen molar-refractivity contribution in [3.63, 3.8) is 0 Å². The largest absolute Gasteiger partial charge is 0.497 e. The second-order valence-electron chi connectivity index (χ2n) is 7.82. The van der Waals surface area contributed by atoms with Crippen molar-refractivity contribution < 1.29 is 29.3 Å². The maximum absolute atomic E-state index is 13.3. The quantitative estimate of drug-likeness (QED) is 0.597. The molecular weight excluding hydrogens is 376 g/mol. The number of nitrogens with one attached hydrogen (secondary N) is 1. The van der Waals surface area contributed by atoms with E-state index >= 15 is 0 Å². The van der Waals surface area contributed by atoms with E-state index in [4.69, 9.17) is 4.74 Å². The molecule has 3 N–H and O–H groups in total. The van der Waals surface area contributed by atoms with Crippen molar-refractivity contribution >= 4 is 17.8 Å². The SMILES string of the molecule is COc1ccc(C[C@H](NC(=O)[C@@H](C)[C@@H](C)O)C(=O)N2CCC[C@@]2(C)C(=O)O)cc1. The summed E-state index contributed by atoms with van der Waals surface area (Å²) in [6, 6.07) is 6.17. The lowest BCUT2D eigenvalue weighted by atomic mass is 9.96. The molecule has 8 heteroatoms. The molecule has 2 amide bonds. The summed E-state index contributed by atoms with van der Waals surface area (Å²) in [6.07, 6.45) is 0.277. The van der Waals surface area contributed by atoms with Crippen LogP contribution in [-0.2, 0) is 20.8 Å². The number of amides is 2. The normalized spacial score (nSPS) is 21.9. The van der Waals surface area contributed by atoms with Gasteiger partial charge in [0.1, 0.15) is 17.3 Å². The van der Waals surface area contributed by atoms with E-state index in [0.717, 1.165) is 5.56 Å². The summed E-state index contributed by atoms with van der Waals surface area (Å²) in [4.78, 5) is 38.9. The first-order valence-corrected chi connectivity index (χ1v) is 9.76. The molecule has 29 heavy (non-hydrogen) atoms. The minimum atomic E-state index is -1.30. The third-order valence-electron chi connectivity index (χ3n) is 5.72. The Balaban J connectivity index is 2.28. The number of carboxylic acids is 1. The molecule has 1 aliphatic rings. The van der Waals surface area contributed by atoms with Gasteiger partial charge in [-0.1, -0.05) is 19.1 Å². The number of ether oxygens (including phenoxy) is 1. The number of aliphatic hydroxyl groups excluding tert-OH is 1. The summed E-state index contributed by atoms with van der Waals surface area (Å²) >= 11 is 0. The van der Waals surface area contributed by atoms with Crippen molar-refractivity contribution in [2.45, 2.75) is 57.7 Å². The van der Waals surface area contributed by atoms with Gasteiger partial charge >= 0.3 is 5.97 Å². The van der Waals surface area contributed by atoms with Gasteiger partial charge in [0.05, 0.1) is 19.1 Å². The number of aliphatic carboxylic acids is 1. The van der Waals surface area contributed by atoms with Crippen LogP contribution in [0.25, 0.3) is 0 Å². The maximum atomic E-state index is 13.3. The first kappa shape index (κ1) is 22.7. The molecule has 0 unspecified atom stereocenters. The van der Waals surface area contributed by atoms with Gasteiger partial charge in [-0.15, -0.1) is 0 Å². The van der Waals surface area contributed by atoms with Gasteiger partial charge in [-0.2, -0.15) is 0 Å². The van der Waals surface area contributed by atoms with Gasteiger partial charge in [0, 0.05) is 13.0 Å². The zero-order chi connectivity index (χ0) is 21.8. The number of aliphatic hydroxyl groups is 1. The van der Waals surface area contributed by atoms with Crippen molar-refractivity contribution in [3.05, 3.63) is 29.8 Å². The van der Waals surface area contributed by atoms with Gasteiger partial charge < -0.3 is 25.2 Å². The van der Waals surface area contributed by atoms with Crippen molar-refractivity contribution in [2.24, 2.45) is 5.92 Å². The zero-order valence-corrected chi connectivity index (χ0v) is 17.3. The number of hydrogen-bond donors (Lipinski definition) is 3. The molecule has 0 spiro atoms. The number of nitrogens with zero attached hydrogens (tertiary/aromatic N) is 1. The van der Waals surface area contributed by atoms with Crippen LogP contribution in [0.4, 0.5) is 0 Å². The molecule has 1 aromatic carbocycles. The standard InChI is InChI=1S/C21H30N2O6/c1-13(14(2)24)18(25)22-17(12-15-6-8-16(29-4)9-7-15)19(26)23-11-5-10-21(23,3)20(27)28/h6-9,13-14,17,24H,5,10-12H2,1-4H3,(H,22,25)(H,27,28)/t13-,14+,17-,21-/m0/s1. The minimum Gasteiger partial charge on any atom is -0.497 e. The van der Waals surface area contributed by atoms with Crippen LogP contribution in [0.15, 0.2) is 24.3 Å². The molecular formula is C21H30N2O6. The number of carbonyl (C=O) groups excluding carboxylic acids is 2. The number of methoxy groups -OCH3 is 1. The minimum absolute atomic E-state index is 0.202. The third kappa shape index (κ3) is 5.06. The van der Waals surface area contributed by atoms with Crippen LogP contribution in [0.3, 0.4) is 0 Å². The summed E-state index contributed by atoms with van der Waals surface area (Å²) < 4.78 is 5.14. The van der Waals surface area contributed by atoms with Crippen LogP contribution in [0.2, 0.25) is 0 Å². The number of rotatable bonds is 8. The highest BCUT2D eigenvalue weighted by molar-refractivity contribution is 5.93. The predicted octanol–water partition coefficient (Wildman–Crippen LogP) is 1.21.